The highest BCUT2D eigenvalue weighted by Crippen LogP contribution is 2.21. The van der Waals surface area contributed by atoms with Gasteiger partial charge in [-0.1, -0.05) is 36.4 Å². The number of anilines is 2. The molecule has 0 bridgehead atoms. The number of nitrogens with one attached hydrogen (secondary N) is 1. The van der Waals surface area contributed by atoms with Crippen LogP contribution in [-0.2, 0) is 19.7 Å². The fourth-order valence-corrected chi connectivity index (χ4v) is 3.55. The Balaban J connectivity index is 1.17. The standard InChI is InChI=1S/C25H23N7O/c26-25-22-7-6-20(12-21(22)8-10-27-25)14-28-23-13-24(30-17-29-23)33-16-19-4-2-18(3-5-19)15-32-11-1-9-31-32/h1-13,17H,14-16H2,(H2,26,27)(H,28,29,30). The predicted octanol–water partition coefficient (Wildman–Crippen LogP) is 4.04. The molecular formula is C25H23N7O. The van der Waals surface area contributed by atoms with Gasteiger partial charge in [-0.25, -0.2) is 15.0 Å². The fourth-order valence-electron chi connectivity index (χ4n) is 3.55. The molecule has 3 heterocycles. The lowest BCUT2D eigenvalue weighted by atomic mass is 10.1. The molecule has 0 spiro atoms. The van der Waals surface area contributed by atoms with Gasteiger partial charge in [-0.3, -0.25) is 4.68 Å². The summed E-state index contributed by atoms with van der Waals surface area (Å²) in [5.74, 6) is 1.76. The quantitative estimate of drug-likeness (QED) is 0.377. The van der Waals surface area contributed by atoms with Gasteiger partial charge in [0.25, 0.3) is 0 Å². The number of benzene rings is 2. The summed E-state index contributed by atoms with van der Waals surface area (Å²) in [6.07, 6.45) is 6.95. The highest BCUT2D eigenvalue weighted by Gasteiger charge is 2.04. The van der Waals surface area contributed by atoms with Crippen LogP contribution >= 0.6 is 0 Å². The van der Waals surface area contributed by atoms with Gasteiger partial charge in [0.1, 0.15) is 24.6 Å². The van der Waals surface area contributed by atoms with E-state index < -0.39 is 0 Å². The van der Waals surface area contributed by atoms with E-state index in [0.29, 0.717) is 30.7 Å². The molecule has 0 aliphatic heterocycles. The van der Waals surface area contributed by atoms with E-state index in [9.17, 15) is 0 Å². The van der Waals surface area contributed by atoms with Crippen LogP contribution in [0.3, 0.4) is 0 Å². The maximum atomic E-state index is 5.93. The van der Waals surface area contributed by atoms with E-state index in [1.54, 1.807) is 18.5 Å². The number of aromatic nitrogens is 5. The summed E-state index contributed by atoms with van der Waals surface area (Å²) in [7, 11) is 0. The maximum absolute atomic E-state index is 5.93. The third-order valence-electron chi connectivity index (χ3n) is 5.29. The van der Waals surface area contributed by atoms with Crippen LogP contribution in [0, 0.1) is 0 Å². The van der Waals surface area contributed by atoms with Crippen LogP contribution in [0.4, 0.5) is 11.6 Å². The topological polar surface area (TPSA) is 104 Å². The second kappa shape index (κ2) is 9.35. The van der Waals surface area contributed by atoms with Crippen molar-refractivity contribution in [1.82, 2.24) is 24.7 Å². The van der Waals surface area contributed by atoms with Crippen LogP contribution in [-0.4, -0.2) is 24.7 Å². The van der Waals surface area contributed by atoms with Crippen molar-refractivity contribution < 1.29 is 4.74 Å². The van der Waals surface area contributed by atoms with Gasteiger partial charge >= 0.3 is 0 Å². The van der Waals surface area contributed by atoms with E-state index in [1.807, 2.05) is 35.1 Å². The van der Waals surface area contributed by atoms with E-state index in [0.717, 1.165) is 28.4 Å². The van der Waals surface area contributed by atoms with Crippen molar-refractivity contribution in [3.63, 3.8) is 0 Å². The van der Waals surface area contributed by atoms with Crippen molar-refractivity contribution in [2.24, 2.45) is 0 Å². The monoisotopic (exact) mass is 437 g/mol. The Hall–Kier alpha value is -4.46. The molecule has 5 aromatic rings. The molecule has 0 amide bonds. The third-order valence-corrected chi connectivity index (χ3v) is 5.29. The van der Waals surface area contributed by atoms with Gasteiger partial charge in [0, 0.05) is 36.6 Å². The molecule has 33 heavy (non-hydrogen) atoms. The van der Waals surface area contributed by atoms with Gasteiger partial charge < -0.3 is 15.8 Å². The second-order valence-electron chi connectivity index (χ2n) is 7.66. The normalized spacial score (nSPS) is 10.9. The average Bonchev–Trinajstić information content (AvgIpc) is 3.36. The number of nitrogens with zero attached hydrogens (tertiary/aromatic N) is 5. The third kappa shape index (κ3) is 5.07. The zero-order valence-electron chi connectivity index (χ0n) is 17.9. The second-order valence-corrected chi connectivity index (χ2v) is 7.66. The summed E-state index contributed by atoms with van der Waals surface area (Å²) >= 11 is 0. The summed E-state index contributed by atoms with van der Waals surface area (Å²) in [5.41, 5.74) is 9.30. The van der Waals surface area contributed by atoms with Crippen molar-refractivity contribution in [2.45, 2.75) is 19.7 Å². The summed E-state index contributed by atoms with van der Waals surface area (Å²) < 4.78 is 7.77. The summed E-state index contributed by atoms with van der Waals surface area (Å²) in [6.45, 7) is 1.79. The molecule has 8 nitrogen and oxygen atoms in total. The highest BCUT2D eigenvalue weighted by molar-refractivity contribution is 5.91. The first kappa shape index (κ1) is 20.4. The summed E-state index contributed by atoms with van der Waals surface area (Å²) in [5, 5.41) is 9.57. The Bertz CT molecular complexity index is 1350. The van der Waals surface area contributed by atoms with Gasteiger partial charge in [0.15, 0.2) is 0 Å². The number of pyridine rings is 1. The van der Waals surface area contributed by atoms with Crippen LogP contribution in [0.1, 0.15) is 16.7 Å². The average molecular weight is 438 g/mol. The number of nitrogen functional groups attached to an aromatic ring is 1. The summed E-state index contributed by atoms with van der Waals surface area (Å²) in [4.78, 5) is 12.6. The number of hydrogen-bond acceptors (Lipinski definition) is 7. The molecule has 0 saturated carbocycles. The summed E-state index contributed by atoms with van der Waals surface area (Å²) in [6, 6.07) is 20.1. The molecule has 5 rings (SSSR count). The molecule has 0 atom stereocenters. The van der Waals surface area contributed by atoms with E-state index in [2.05, 4.69) is 55.7 Å². The first-order valence-corrected chi connectivity index (χ1v) is 10.6. The van der Waals surface area contributed by atoms with Crippen molar-refractivity contribution in [3.8, 4) is 5.88 Å². The SMILES string of the molecule is Nc1nccc2cc(CNc3cc(OCc4ccc(Cn5cccn5)cc4)ncn3)ccc12. The smallest absolute Gasteiger partial charge is 0.218 e. The van der Waals surface area contributed by atoms with Crippen molar-refractivity contribution in [2.75, 3.05) is 11.1 Å². The van der Waals surface area contributed by atoms with Crippen molar-refractivity contribution in [1.29, 1.82) is 0 Å². The zero-order chi connectivity index (χ0) is 22.5. The van der Waals surface area contributed by atoms with Gasteiger partial charge in [-0.15, -0.1) is 0 Å². The molecule has 0 saturated heterocycles. The lowest BCUT2D eigenvalue weighted by molar-refractivity contribution is 0.293. The Morgan fingerprint density at radius 1 is 0.879 bits per heavy atom. The molecule has 0 radical (unpaired) electrons. The minimum Gasteiger partial charge on any atom is -0.473 e. The predicted molar refractivity (Wildman–Crippen MR) is 128 cm³/mol. The zero-order valence-corrected chi connectivity index (χ0v) is 17.9. The molecular weight excluding hydrogens is 414 g/mol. The van der Waals surface area contributed by atoms with E-state index >= 15 is 0 Å². The molecule has 164 valence electrons. The Morgan fingerprint density at radius 2 is 1.73 bits per heavy atom. The minimum absolute atomic E-state index is 0.429. The number of fused-ring (bicyclic) bond motifs is 1. The number of rotatable bonds is 8. The molecule has 8 heteroatoms. The first-order chi connectivity index (χ1) is 16.2. The minimum atomic E-state index is 0.429. The number of ether oxygens (including phenoxy) is 1. The van der Waals surface area contributed by atoms with E-state index in [1.165, 1.54) is 11.9 Å². The van der Waals surface area contributed by atoms with Crippen LogP contribution in [0.15, 0.2) is 85.6 Å². The molecule has 0 aliphatic carbocycles. The Kier molecular flexibility index (Phi) is 5.79. The largest absolute Gasteiger partial charge is 0.473 e. The van der Waals surface area contributed by atoms with Crippen LogP contribution in [0.5, 0.6) is 5.88 Å². The number of nitrogens with two attached hydrogens (primary N) is 1. The maximum Gasteiger partial charge on any atom is 0.218 e. The number of hydrogen-bond donors (Lipinski definition) is 2. The van der Waals surface area contributed by atoms with Gasteiger partial charge in [0.2, 0.25) is 5.88 Å². The molecule has 3 aromatic heterocycles. The van der Waals surface area contributed by atoms with E-state index in [-0.39, 0.29) is 0 Å². The Labute approximate surface area is 191 Å². The van der Waals surface area contributed by atoms with Gasteiger partial charge in [-0.2, -0.15) is 5.10 Å². The van der Waals surface area contributed by atoms with Crippen LogP contribution in [0.2, 0.25) is 0 Å². The lowest BCUT2D eigenvalue weighted by Crippen LogP contribution is -2.04. The van der Waals surface area contributed by atoms with E-state index in [4.69, 9.17) is 10.5 Å². The van der Waals surface area contributed by atoms with Crippen LogP contribution in [0.25, 0.3) is 10.8 Å². The molecule has 3 N–H and O–H groups in total. The molecule has 0 aliphatic rings. The molecule has 0 unspecified atom stereocenters. The first-order valence-electron chi connectivity index (χ1n) is 10.6. The molecule has 2 aromatic carbocycles. The fraction of sp³-hybridized carbons (Fsp3) is 0.120. The van der Waals surface area contributed by atoms with Crippen molar-refractivity contribution >= 4 is 22.4 Å². The van der Waals surface area contributed by atoms with Gasteiger partial charge in [0.05, 0.1) is 6.54 Å². The molecule has 0 fully saturated rings. The highest BCUT2D eigenvalue weighted by atomic mass is 16.5. The van der Waals surface area contributed by atoms with Gasteiger partial charge in [-0.05, 0) is 40.3 Å². The Morgan fingerprint density at radius 3 is 2.58 bits per heavy atom. The van der Waals surface area contributed by atoms with Crippen molar-refractivity contribution in [3.05, 3.63) is 102 Å². The van der Waals surface area contributed by atoms with Crippen LogP contribution < -0.4 is 15.8 Å². The lowest BCUT2D eigenvalue weighted by Gasteiger charge is -2.10.